The van der Waals surface area contributed by atoms with Crippen molar-refractivity contribution in [3.05, 3.63) is 35.4 Å². The maximum absolute atomic E-state index is 10.8. The number of amides is 1. The van der Waals surface area contributed by atoms with Gasteiger partial charge >= 0.3 is 11.9 Å². The maximum atomic E-state index is 10.8. The summed E-state index contributed by atoms with van der Waals surface area (Å²) >= 11 is 0. The molecule has 0 saturated heterocycles. The third-order valence-corrected chi connectivity index (χ3v) is 2.71. The number of nitrogens with one attached hydrogen (secondary N) is 1. The number of benzene rings is 1. The fraction of sp³-hybridized carbons (Fsp3) is 0.429. The van der Waals surface area contributed by atoms with Crippen molar-refractivity contribution in [3.63, 3.8) is 0 Å². The summed E-state index contributed by atoms with van der Waals surface area (Å²) in [6.45, 7) is 6.78. The monoisotopic (exact) mass is 249 g/mol. The van der Waals surface area contributed by atoms with Gasteiger partial charge in [-0.25, -0.2) is 4.79 Å². The SMILES string of the molecule is CC(C)(C)c1ccc(CCNC(=O)C(=O)O)cc1. The highest BCUT2D eigenvalue weighted by atomic mass is 16.4. The average molecular weight is 249 g/mol. The van der Waals surface area contributed by atoms with E-state index >= 15 is 0 Å². The number of carboxylic acids is 1. The number of carbonyl (C=O) groups excluding carboxylic acids is 1. The van der Waals surface area contributed by atoms with Crippen LogP contribution in [0.4, 0.5) is 0 Å². The Balaban J connectivity index is 2.50. The predicted molar refractivity (Wildman–Crippen MR) is 69.5 cm³/mol. The first-order chi connectivity index (χ1) is 8.30. The second kappa shape index (κ2) is 5.67. The molecular formula is C14H19NO3. The summed E-state index contributed by atoms with van der Waals surface area (Å²) in [7, 11) is 0. The van der Waals surface area contributed by atoms with Crippen LogP contribution in [0.25, 0.3) is 0 Å². The third kappa shape index (κ3) is 4.20. The molecule has 0 radical (unpaired) electrons. The highest BCUT2D eigenvalue weighted by molar-refractivity contribution is 6.31. The maximum Gasteiger partial charge on any atom is 0.394 e. The van der Waals surface area contributed by atoms with Crippen LogP contribution in [0, 0.1) is 0 Å². The van der Waals surface area contributed by atoms with Crippen molar-refractivity contribution in [3.8, 4) is 0 Å². The van der Waals surface area contributed by atoms with Crippen molar-refractivity contribution in [1.29, 1.82) is 0 Å². The lowest BCUT2D eigenvalue weighted by atomic mass is 9.86. The first-order valence-electron chi connectivity index (χ1n) is 5.91. The zero-order valence-corrected chi connectivity index (χ0v) is 11.0. The largest absolute Gasteiger partial charge is 0.474 e. The van der Waals surface area contributed by atoms with E-state index in [1.54, 1.807) is 0 Å². The zero-order valence-electron chi connectivity index (χ0n) is 11.0. The molecule has 0 unspecified atom stereocenters. The average Bonchev–Trinajstić information content (AvgIpc) is 2.28. The topological polar surface area (TPSA) is 66.4 Å². The van der Waals surface area contributed by atoms with Crippen LogP contribution in [0.1, 0.15) is 31.9 Å². The summed E-state index contributed by atoms with van der Waals surface area (Å²) in [4.78, 5) is 21.1. The highest BCUT2D eigenvalue weighted by Gasteiger charge is 2.13. The molecule has 2 N–H and O–H groups in total. The summed E-state index contributed by atoms with van der Waals surface area (Å²) in [6, 6.07) is 8.14. The molecule has 1 rings (SSSR count). The smallest absolute Gasteiger partial charge is 0.394 e. The van der Waals surface area contributed by atoms with Gasteiger partial charge in [0.25, 0.3) is 0 Å². The van der Waals surface area contributed by atoms with E-state index in [9.17, 15) is 9.59 Å². The van der Waals surface area contributed by atoms with E-state index < -0.39 is 11.9 Å². The summed E-state index contributed by atoms with van der Waals surface area (Å²) in [5.74, 6) is -2.40. The molecule has 0 heterocycles. The molecule has 0 aliphatic heterocycles. The minimum Gasteiger partial charge on any atom is -0.474 e. The normalized spacial score (nSPS) is 11.1. The second-order valence-electron chi connectivity index (χ2n) is 5.26. The van der Waals surface area contributed by atoms with Crippen molar-refractivity contribution in [2.75, 3.05) is 6.54 Å². The van der Waals surface area contributed by atoms with Gasteiger partial charge < -0.3 is 10.4 Å². The Morgan fingerprint density at radius 1 is 1.17 bits per heavy atom. The van der Waals surface area contributed by atoms with Crippen LogP contribution in [0.2, 0.25) is 0 Å². The summed E-state index contributed by atoms with van der Waals surface area (Å²) in [6.07, 6.45) is 0.628. The quantitative estimate of drug-likeness (QED) is 0.802. The summed E-state index contributed by atoms with van der Waals surface area (Å²) in [5.41, 5.74) is 2.45. The van der Waals surface area contributed by atoms with Gasteiger partial charge in [0.1, 0.15) is 0 Å². The molecule has 0 aromatic heterocycles. The van der Waals surface area contributed by atoms with Gasteiger partial charge in [0.2, 0.25) is 0 Å². The van der Waals surface area contributed by atoms with E-state index in [4.69, 9.17) is 5.11 Å². The number of carboxylic acid groups (broad SMARTS) is 1. The molecular weight excluding hydrogens is 230 g/mol. The minimum absolute atomic E-state index is 0.121. The number of carbonyl (C=O) groups is 2. The summed E-state index contributed by atoms with van der Waals surface area (Å²) in [5, 5.41) is 10.7. The van der Waals surface area contributed by atoms with Crippen molar-refractivity contribution >= 4 is 11.9 Å². The van der Waals surface area contributed by atoms with E-state index in [0.717, 1.165) is 5.56 Å². The Hall–Kier alpha value is -1.84. The number of rotatable bonds is 3. The zero-order chi connectivity index (χ0) is 13.8. The second-order valence-corrected chi connectivity index (χ2v) is 5.26. The van der Waals surface area contributed by atoms with Gasteiger partial charge in [-0.3, -0.25) is 4.79 Å². The lowest BCUT2D eigenvalue weighted by molar-refractivity contribution is -0.150. The Bertz CT molecular complexity index is 429. The molecule has 1 aromatic carbocycles. The van der Waals surface area contributed by atoms with Gasteiger partial charge in [0.15, 0.2) is 0 Å². The molecule has 0 spiro atoms. The number of hydrogen-bond donors (Lipinski definition) is 2. The van der Waals surface area contributed by atoms with Crippen molar-refractivity contribution < 1.29 is 14.7 Å². The van der Waals surface area contributed by atoms with Gasteiger partial charge in [-0.2, -0.15) is 0 Å². The van der Waals surface area contributed by atoms with Crippen LogP contribution in [0.15, 0.2) is 24.3 Å². The molecule has 98 valence electrons. The number of hydrogen-bond acceptors (Lipinski definition) is 2. The summed E-state index contributed by atoms with van der Waals surface area (Å²) < 4.78 is 0. The molecule has 4 heteroatoms. The van der Waals surface area contributed by atoms with Crippen molar-refractivity contribution in [1.82, 2.24) is 5.32 Å². The van der Waals surface area contributed by atoms with Gasteiger partial charge in [0.05, 0.1) is 0 Å². The van der Waals surface area contributed by atoms with Crippen molar-refractivity contribution in [2.45, 2.75) is 32.6 Å². The van der Waals surface area contributed by atoms with Crippen LogP contribution in [-0.4, -0.2) is 23.5 Å². The molecule has 1 amide bonds. The molecule has 0 aliphatic rings. The first kappa shape index (κ1) is 14.2. The molecule has 1 aromatic rings. The molecule has 0 bridgehead atoms. The van der Waals surface area contributed by atoms with Crippen LogP contribution in [-0.2, 0) is 21.4 Å². The van der Waals surface area contributed by atoms with Crippen LogP contribution in [0.3, 0.4) is 0 Å². The van der Waals surface area contributed by atoms with E-state index in [-0.39, 0.29) is 5.41 Å². The molecule has 0 saturated carbocycles. The minimum atomic E-state index is -1.45. The Kier molecular flexibility index (Phi) is 4.48. The molecule has 0 fully saturated rings. The Labute approximate surface area is 107 Å². The van der Waals surface area contributed by atoms with Gasteiger partial charge in [-0.05, 0) is 23.0 Å². The van der Waals surface area contributed by atoms with E-state index in [1.165, 1.54) is 5.56 Å². The predicted octanol–water partition coefficient (Wildman–Crippen LogP) is 1.73. The standard InChI is InChI=1S/C14H19NO3/c1-14(2,3)11-6-4-10(5-7-11)8-9-15-12(16)13(17)18/h4-7H,8-9H2,1-3H3,(H,15,16)(H,17,18). The lowest BCUT2D eigenvalue weighted by Crippen LogP contribution is -2.32. The first-order valence-corrected chi connectivity index (χ1v) is 5.91. The van der Waals surface area contributed by atoms with Gasteiger partial charge in [0, 0.05) is 6.54 Å². The Morgan fingerprint density at radius 2 is 1.72 bits per heavy atom. The Morgan fingerprint density at radius 3 is 2.17 bits per heavy atom. The fourth-order valence-corrected chi connectivity index (χ4v) is 1.57. The molecule has 18 heavy (non-hydrogen) atoms. The van der Waals surface area contributed by atoms with Crippen molar-refractivity contribution in [2.24, 2.45) is 0 Å². The van der Waals surface area contributed by atoms with E-state index in [0.29, 0.717) is 13.0 Å². The lowest BCUT2D eigenvalue weighted by Gasteiger charge is -2.19. The molecule has 0 atom stereocenters. The number of aliphatic carboxylic acids is 1. The van der Waals surface area contributed by atoms with E-state index in [2.05, 4.69) is 38.2 Å². The highest BCUT2D eigenvalue weighted by Crippen LogP contribution is 2.22. The van der Waals surface area contributed by atoms with Crippen LogP contribution < -0.4 is 5.32 Å². The third-order valence-electron chi connectivity index (χ3n) is 2.71. The van der Waals surface area contributed by atoms with Gasteiger partial charge in [-0.1, -0.05) is 45.0 Å². The fourth-order valence-electron chi connectivity index (χ4n) is 1.57. The van der Waals surface area contributed by atoms with E-state index in [1.807, 2.05) is 12.1 Å². The van der Waals surface area contributed by atoms with Gasteiger partial charge in [-0.15, -0.1) is 0 Å². The molecule has 4 nitrogen and oxygen atoms in total. The molecule has 0 aliphatic carbocycles. The van der Waals surface area contributed by atoms with Crippen LogP contribution in [0.5, 0.6) is 0 Å². The van der Waals surface area contributed by atoms with Crippen LogP contribution >= 0.6 is 0 Å².